The van der Waals surface area contributed by atoms with Gasteiger partial charge in [-0.1, -0.05) is 0 Å². The minimum absolute atomic E-state index is 0.786. The first kappa shape index (κ1) is 11.9. The molecule has 9 heteroatoms. The fraction of sp³-hybridized carbons (Fsp3) is 0.429. The standard InChI is InChI=1S/C7H11N5.NO3/c1-10-2-3-11(6-10)7-12-5-8-4-9-12;2-1(3)4/h2-5H,6-7H2,1H3;/q;-1/p+1. The van der Waals surface area contributed by atoms with E-state index in [0.29, 0.717) is 0 Å². The van der Waals surface area contributed by atoms with Gasteiger partial charge in [-0.15, -0.1) is 0 Å². The Morgan fingerprint density at radius 2 is 2.25 bits per heavy atom. The Hall–Kier alpha value is -2.16. The molecule has 0 spiro atoms. The molecule has 0 amide bonds. The lowest BCUT2D eigenvalue weighted by Crippen LogP contribution is -3.03. The van der Waals surface area contributed by atoms with Crippen molar-refractivity contribution >= 4 is 0 Å². The molecule has 1 aliphatic rings. The van der Waals surface area contributed by atoms with Crippen LogP contribution in [0, 0.1) is 15.3 Å². The normalized spacial score (nSPS) is 18.1. The van der Waals surface area contributed by atoms with Crippen LogP contribution in [0.4, 0.5) is 0 Å². The molecule has 1 aliphatic heterocycles. The van der Waals surface area contributed by atoms with E-state index < -0.39 is 5.09 Å². The van der Waals surface area contributed by atoms with Crippen molar-refractivity contribution < 1.29 is 9.99 Å². The average molecular weight is 228 g/mol. The number of hydrogen-bond acceptors (Lipinski definition) is 6. The smallest absolute Gasteiger partial charge is 0.158 e. The van der Waals surface area contributed by atoms with Crippen molar-refractivity contribution in [2.24, 2.45) is 0 Å². The zero-order valence-electron chi connectivity index (χ0n) is 8.68. The molecule has 0 saturated heterocycles. The van der Waals surface area contributed by atoms with Gasteiger partial charge in [-0.25, -0.2) is 9.67 Å². The van der Waals surface area contributed by atoms with E-state index in [4.69, 9.17) is 15.3 Å². The summed E-state index contributed by atoms with van der Waals surface area (Å²) >= 11 is 0. The van der Waals surface area contributed by atoms with Gasteiger partial charge in [-0.05, 0) is 0 Å². The van der Waals surface area contributed by atoms with Gasteiger partial charge in [0.1, 0.15) is 25.5 Å². The Morgan fingerprint density at radius 1 is 1.56 bits per heavy atom. The maximum Gasteiger partial charge on any atom is 0.158 e. The first-order chi connectivity index (χ1) is 7.58. The van der Waals surface area contributed by atoms with Crippen LogP contribution in [0.25, 0.3) is 0 Å². The molecular formula is C7H12N6O3. The minimum Gasteiger partial charge on any atom is -0.356 e. The largest absolute Gasteiger partial charge is 0.356 e. The van der Waals surface area contributed by atoms with E-state index in [9.17, 15) is 0 Å². The molecule has 0 radical (unpaired) electrons. The van der Waals surface area contributed by atoms with Crippen LogP contribution >= 0.6 is 0 Å². The van der Waals surface area contributed by atoms with Crippen LogP contribution in [-0.2, 0) is 6.67 Å². The van der Waals surface area contributed by atoms with Crippen LogP contribution in [-0.4, -0.2) is 38.5 Å². The van der Waals surface area contributed by atoms with E-state index in [-0.39, 0.29) is 0 Å². The van der Waals surface area contributed by atoms with E-state index in [1.165, 1.54) is 4.90 Å². The van der Waals surface area contributed by atoms with E-state index in [0.717, 1.165) is 13.3 Å². The second-order valence-electron chi connectivity index (χ2n) is 3.21. The van der Waals surface area contributed by atoms with Crippen molar-refractivity contribution in [3.05, 3.63) is 40.4 Å². The lowest BCUT2D eigenvalue weighted by atomic mass is 10.8. The quantitative estimate of drug-likeness (QED) is 0.475. The third-order valence-electron chi connectivity index (χ3n) is 1.82. The SMILES string of the molecule is C[NH+]1C=CN(Cn2cncn2)C1.O=[N+]([O-])[O-]. The van der Waals surface area contributed by atoms with Gasteiger partial charge in [0.2, 0.25) is 0 Å². The number of rotatable bonds is 2. The average Bonchev–Trinajstić information content (AvgIpc) is 2.77. The van der Waals surface area contributed by atoms with Crippen molar-refractivity contribution in [2.45, 2.75) is 6.67 Å². The van der Waals surface area contributed by atoms with Crippen LogP contribution in [0.3, 0.4) is 0 Å². The third-order valence-corrected chi connectivity index (χ3v) is 1.82. The molecule has 9 nitrogen and oxygen atoms in total. The van der Waals surface area contributed by atoms with Crippen molar-refractivity contribution in [3.63, 3.8) is 0 Å². The highest BCUT2D eigenvalue weighted by Crippen LogP contribution is 1.92. The Kier molecular flexibility index (Phi) is 4.21. The summed E-state index contributed by atoms with van der Waals surface area (Å²) in [6.45, 7) is 1.79. The summed E-state index contributed by atoms with van der Waals surface area (Å²) in [6, 6.07) is 0. The lowest BCUT2D eigenvalue weighted by molar-refractivity contribution is -0.827. The van der Waals surface area contributed by atoms with Crippen molar-refractivity contribution in [1.82, 2.24) is 19.7 Å². The molecule has 0 fully saturated rings. The molecule has 0 aliphatic carbocycles. The Labute approximate surface area is 91.3 Å². The molecule has 2 rings (SSSR count). The van der Waals surface area contributed by atoms with Crippen LogP contribution in [0.15, 0.2) is 25.1 Å². The van der Waals surface area contributed by atoms with Crippen LogP contribution in [0.5, 0.6) is 0 Å². The van der Waals surface area contributed by atoms with E-state index in [2.05, 4.69) is 34.4 Å². The molecule has 1 aromatic heterocycles. The summed E-state index contributed by atoms with van der Waals surface area (Å²) in [4.78, 5) is 15.7. The fourth-order valence-electron chi connectivity index (χ4n) is 1.25. The summed E-state index contributed by atoms with van der Waals surface area (Å²) in [5, 5.41) is 18.8. The van der Waals surface area contributed by atoms with Gasteiger partial charge in [-0.3, -0.25) is 4.90 Å². The molecule has 2 heterocycles. The fourth-order valence-corrected chi connectivity index (χ4v) is 1.25. The molecule has 1 aromatic rings. The molecule has 0 saturated carbocycles. The second kappa shape index (κ2) is 5.66. The highest BCUT2D eigenvalue weighted by Gasteiger charge is 2.12. The summed E-state index contributed by atoms with van der Waals surface area (Å²) in [7, 11) is 2.12. The number of nitrogens with zero attached hydrogens (tertiary/aromatic N) is 5. The second-order valence-corrected chi connectivity index (χ2v) is 3.21. The molecule has 0 bridgehead atoms. The van der Waals surface area contributed by atoms with Gasteiger partial charge >= 0.3 is 0 Å². The van der Waals surface area contributed by atoms with Crippen LogP contribution < -0.4 is 4.90 Å². The number of aromatic nitrogens is 3. The van der Waals surface area contributed by atoms with Crippen LogP contribution in [0.1, 0.15) is 0 Å². The van der Waals surface area contributed by atoms with Gasteiger partial charge in [0.25, 0.3) is 0 Å². The lowest BCUT2D eigenvalue weighted by Gasteiger charge is -2.13. The van der Waals surface area contributed by atoms with Crippen LogP contribution in [0.2, 0.25) is 0 Å². The maximum absolute atomic E-state index is 8.25. The first-order valence-electron chi connectivity index (χ1n) is 4.46. The zero-order chi connectivity index (χ0) is 12.0. The Bertz CT molecular complexity index is 347. The Balaban J connectivity index is 0.000000280. The zero-order valence-corrected chi connectivity index (χ0v) is 8.68. The number of nitrogens with one attached hydrogen (secondary N) is 1. The summed E-state index contributed by atoms with van der Waals surface area (Å²) in [6.07, 6.45) is 7.48. The Morgan fingerprint density at radius 3 is 2.69 bits per heavy atom. The van der Waals surface area contributed by atoms with Gasteiger partial charge in [0, 0.05) is 0 Å². The predicted octanol–water partition coefficient (Wildman–Crippen LogP) is -1.74. The van der Waals surface area contributed by atoms with E-state index in [1.807, 2.05) is 4.68 Å². The molecule has 16 heavy (non-hydrogen) atoms. The summed E-state index contributed by atoms with van der Waals surface area (Å²) in [5.74, 6) is 0. The first-order valence-corrected chi connectivity index (χ1v) is 4.46. The molecule has 1 atom stereocenters. The predicted molar refractivity (Wildman–Crippen MR) is 53.1 cm³/mol. The summed E-state index contributed by atoms with van der Waals surface area (Å²) in [5.41, 5.74) is 0. The van der Waals surface area contributed by atoms with Crippen molar-refractivity contribution in [3.8, 4) is 0 Å². The van der Waals surface area contributed by atoms with Crippen molar-refractivity contribution in [1.29, 1.82) is 0 Å². The summed E-state index contributed by atoms with van der Waals surface area (Å²) < 4.78 is 1.81. The topological polar surface area (TPSA) is 105 Å². The van der Waals surface area contributed by atoms with Gasteiger partial charge in [0.15, 0.2) is 6.67 Å². The van der Waals surface area contributed by atoms with Gasteiger partial charge < -0.3 is 20.2 Å². The monoisotopic (exact) mass is 228 g/mol. The molecule has 0 aromatic carbocycles. The van der Waals surface area contributed by atoms with E-state index >= 15 is 0 Å². The van der Waals surface area contributed by atoms with Gasteiger partial charge in [0.05, 0.1) is 18.3 Å². The molecule has 1 unspecified atom stereocenters. The number of quaternary nitrogens is 1. The number of hydrogen-bond donors (Lipinski definition) is 1. The van der Waals surface area contributed by atoms with Gasteiger partial charge in [-0.2, -0.15) is 5.10 Å². The molecule has 88 valence electrons. The molecule has 1 N–H and O–H groups in total. The highest BCUT2D eigenvalue weighted by atomic mass is 16.9. The minimum atomic E-state index is -1.75. The van der Waals surface area contributed by atoms with E-state index in [1.54, 1.807) is 12.7 Å². The molecular weight excluding hydrogens is 216 g/mol. The van der Waals surface area contributed by atoms with Crippen molar-refractivity contribution in [2.75, 3.05) is 13.7 Å². The third kappa shape index (κ3) is 4.37. The highest BCUT2D eigenvalue weighted by molar-refractivity contribution is 4.75. The maximum atomic E-state index is 8.25.